The molecule has 0 atom stereocenters. The van der Waals surface area contributed by atoms with Crippen LogP contribution >= 0.6 is 12.2 Å². The Morgan fingerprint density at radius 2 is 1.63 bits per heavy atom. The average Bonchev–Trinajstić information content (AvgIpc) is 2.85. The van der Waals surface area contributed by atoms with E-state index in [1.807, 2.05) is 30.3 Å². The van der Waals surface area contributed by atoms with Crippen molar-refractivity contribution in [1.82, 2.24) is 16.2 Å². The SMILES string of the molecule is O=C(COc1ccc([N+](=O)[O-])cc1)NNC(=S)NC(=O)CCCC(=O)OCCCc1ccccc1. The van der Waals surface area contributed by atoms with Crippen molar-refractivity contribution >= 4 is 40.8 Å². The summed E-state index contributed by atoms with van der Waals surface area (Å²) < 4.78 is 10.4. The molecule has 35 heavy (non-hydrogen) atoms. The lowest BCUT2D eigenvalue weighted by Crippen LogP contribution is -2.49. The zero-order valence-corrected chi connectivity index (χ0v) is 19.7. The first-order valence-electron chi connectivity index (χ1n) is 10.8. The highest BCUT2D eigenvalue weighted by atomic mass is 32.1. The van der Waals surface area contributed by atoms with Gasteiger partial charge < -0.3 is 14.8 Å². The minimum Gasteiger partial charge on any atom is -0.484 e. The fourth-order valence-electron chi connectivity index (χ4n) is 2.77. The highest BCUT2D eigenvalue weighted by Crippen LogP contribution is 2.17. The number of non-ortho nitro benzene ring substituents is 1. The summed E-state index contributed by atoms with van der Waals surface area (Å²) in [6.07, 6.45) is 2.00. The topological polar surface area (TPSA) is 149 Å². The van der Waals surface area contributed by atoms with Crippen LogP contribution in [0, 0.1) is 10.1 Å². The molecule has 0 bridgehead atoms. The first-order valence-corrected chi connectivity index (χ1v) is 11.2. The average molecular weight is 503 g/mol. The number of hydrazine groups is 1. The molecule has 0 aromatic heterocycles. The number of ether oxygens (including phenoxy) is 2. The minimum atomic E-state index is -0.588. The van der Waals surface area contributed by atoms with Crippen LogP contribution in [0.15, 0.2) is 54.6 Å². The van der Waals surface area contributed by atoms with Crippen molar-refractivity contribution in [3.05, 3.63) is 70.3 Å². The predicted molar refractivity (Wildman–Crippen MR) is 130 cm³/mol. The van der Waals surface area contributed by atoms with Gasteiger partial charge in [-0.2, -0.15) is 0 Å². The van der Waals surface area contributed by atoms with Crippen LogP contribution in [0.4, 0.5) is 5.69 Å². The lowest BCUT2D eigenvalue weighted by atomic mass is 10.1. The summed E-state index contributed by atoms with van der Waals surface area (Å²) in [5, 5.41) is 12.9. The number of benzene rings is 2. The molecule has 0 heterocycles. The van der Waals surface area contributed by atoms with Gasteiger partial charge in [-0.3, -0.25) is 35.3 Å². The molecule has 0 spiro atoms. The molecule has 2 aromatic rings. The third-order valence-corrected chi connectivity index (χ3v) is 4.69. The van der Waals surface area contributed by atoms with Crippen LogP contribution < -0.4 is 20.9 Å². The number of thiocarbonyl (C=S) groups is 1. The molecule has 12 heteroatoms. The number of hydrogen-bond acceptors (Lipinski definition) is 8. The van der Waals surface area contributed by atoms with Crippen LogP contribution in [0.3, 0.4) is 0 Å². The molecule has 2 amide bonds. The number of rotatable bonds is 12. The van der Waals surface area contributed by atoms with Crippen molar-refractivity contribution in [2.45, 2.75) is 32.1 Å². The summed E-state index contributed by atoms with van der Waals surface area (Å²) >= 11 is 4.92. The van der Waals surface area contributed by atoms with E-state index in [4.69, 9.17) is 21.7 Å². The van der Waals surface area contributed by atoms with E-state index in [1.165, 1.54) is 29.8 Å². The van der Waals surface area contributed by atoms with Gasteiger partial charge in [-0.1, -0.05) is 30.3 Å². The van der Waals surface area contributed by atoms with Crippen molar-refractivity contribution in [3.63, 3.8) is 0 Å². The Hall–Kier alpha value is -4.06. The Kier molecular flexibility index (Phi) is 11.6. The Balaban J connectivity index is 1.51. The Labute approximate surface area is 207 Å². The summed E-state index contributed by atoms with van der Waals surface area (Å²) in [5.41, 5.74) is 5.69. The summed E-state index contributed by atoms with van der Waals surface area (Å²) in [6, 6.07) is 15.1. The minimum absolute atomic E-state index is 0.0537. The van der Waals surface area contributed by atoms with E-state index in [0.29, 0.717) is 13.0 Å². The van der Waals surface area contributed by atoms with Gasteiger partial charge in [-0.05, 0) is 49.2 Å². The molecule has 186 valence electrons. The normalized spacial score (nSPS) is 10.1. The van der Waals surface area contributed by atoms with Gasteiger partial charge in [0.2, 0.25) is 5.91 Å². The number of esters is 1. The molecule has 0 fully saturated rings. The zero-order chi connectivity index (χ0) is 25.5. The maximum atomic E-state index is 11.9. The van der Waals surface area contributed by atoms with Crippen LogP contribution in [0.25, 0.3) is 0 Å². The smallest absolute Gasteiger partial charge is 0.305 e. The van der Waals surface area contributed by atoms with E-state index in [1.54, 1.807) is 0 Å². The second kappa shape index (κ2) is 15.0. The molecule has 0 unspecified atom stereocenters. The fraction of sp³-hybridized carbons (Fsp3) is 0.304. The van der Waals surface area contributed by atoms with E-state index < -0.39 is 16.7 Å². The van der Waals surface area contributed by atoms with Crippen molar-refractivity contribution in [1.29, 1.82) is 0 Å². The van der Waals surface area contributed by atoms with Gasteiger partial charge in [-0.15, -0.1) is 0 Å². The zero-order valence-electron chi connectivity index (χ0n) is 18.9. The largest absolute Gasteiger partial charge is 0.484 e. The molecule has 0 aliphatic heterocycles. The number of amides is 2. The quantitative estimate of drug-likeness (QED) is 0.131. The fourth-order valence-corrected chi connectivity index (χ4v) is 2.93. The standard InChI is InChI=1S/C23H26N4O7S/c28-20(9-4-10-22(30)33-15-5-8-17-6-2-1-3-7-17)24-23(35)26-25-21(29)16-34-19-13-11-18(12-14-19)27(31)32/h1-3,6-7,11-14H,4-5,8-10,15-16H2,(H,25,29)(H2,24,26,28,35). The van der Waals surface area contributed by atoms with E-state index in [-0.39, 0.29) is 42.0 Å². The van der Waals surface area contributed by atoms with Crippen LogP contribution in [0.5, 0.6) is 5.75 Å². The number of carbonyl (C=O) groups is 3. The predicted octanol–water partition coefficient (Wildman–Crippen LogP) is 2.34. The van der Waals surface area contributed by atoms with Crippen LogP contribution in [-0.4, -0.2) is 41.0 Å². The second-order valence-corrected chi connectivity index (χ2v) is 7.66. The number of nitrogens with zero attached hydrogens (tertiary/aromatic N) is 1. The Morgan fingerprint density at radius 1 is 0.914 bits per heavy atom. The van der Waals surface area contributed by atoms with Gasteiger partial charge in [0, 0.05) is 25.0 Å². The van der Waals surface area contributed by atoms with Crippen LogP contribution in [0.2, 0.25) is 0 Å². The van der Waals surface area contributed by atoms with Gasteiger partial charge >= 0.3 is 5.97 Å². The maximum absolute atomic E-state index is 11.9. The van der Waals surface area contributed by atoms with Crippen LogP contribution in [0.1, 0.15) is 31.2 Å². The molecule has 2 aromatic carbocycles. The second-order valence-electron chi connectivity index (χ2n) is 7.25. The molecular formula is C23H26N4O7S. The first-order chi connectivity index (χ1) is 16.8. The Bertz CT molecular complexity index is 1020. The summed E-state index contributed by atoms with van der Waals surface area (Å²) in [5.74, 6) is -1.10. The molecular weight excluding hydrogens is 476 g/mol. The lowest BCUT2D eigenvalue weighted by molar-refractivity contribution is -0.384. The molecule has 0 saturated carbocycles. The number of aryl methyl sites for hydroxylation is 1. The van der Waals surface area contributed by atoms with Gasteiger partial charge in [-0.25, -0.2) is 0 Å². The van der Waals surface area contributed by atoms with Crippen molar-refractivity contribution in [3.8, 4) is 5.75 Å². The molecule has 0 aliphatic rings. The maximum Gasteiger partial charge on any atom is 0.305 e. The summed E-state index contributed by atoms with van der Waals surface area (Å²) in [7, 11) is 0. The third kappa shape index (κ3) is 11.6. The number of carbonyl (C=O) groups excluding carboxylic acids is 3. The monoisotopic (exact) mass is 502 g/mol. The summed E-state index contributed by atoms with van der Waals surface area (Å²) in [4.78, 5) is 45.5. The third-order valence-electron chi connectivity index (χ3n) is 4.49. The molecule has 0 radical (unpaired) electrons. The first kappa shape index (κ1) is 27.2. The molecule has 11 nitrogen and oxygen atoms in total. The number of nitrogens with one attached hydrogen (secondary N) is 3. The molecule has 2 rings (SSSR count). The number of nitro groups is 1. The van der Waals surface area contributed by atoms with Crippen molar-refractivity contribution in [2.24, 2.45) is 0 Å². The van der Waals surface area contributed by atoms with Crippen molar-refractivity contribution in [2.75, 3.05) is 13.2 Å². The highest BCUT2D eigenvalue weighted by Gasteiger charge is 2.10. The molecule has 3 N–H and O–H groups in total. The van der Waals surface area contributed by atoms with Gasteiger partial charge in [0.25, 0.3) is 11.6 Å². The van der Waals surface area contributed by atoms with Gasteiger partial charge in [0.15, 0.2) is 11.7 Å². The van der Waals surface area contributed by atoms with Crippen LogP contribution in [-0.2, 0) is 25.5 Å². The van der Waals surface area contributed by atoms with E-state index in [9.17, 15) is 24.5 Å². The number of hydrogen-bond donors (Lipinski definition) is 3. The Morgan fingerprint density at radius 3 is 2.31 bits per heavy atom. The lowest BCUT2D eigenvalue weighted by Gasteiger charge is -2.11. The van der Waals surface area contributed by atoms with Gasteiger partial charge in [0.1, 0.15) is 5.75 Å². The summed E-state index contributed by atoms with van der Waals surface area (Å²) in [6.45, 7) is -0.0592. The number of nitro benzene ring substituents is 1. The van der Waals surface area contributed by atoms with Crippen molar-refractivity contribution < 1.29 is 28.8 Å². The van der Waals surface area contributed by atoms with E-state index in [2.05, 4.69) is 16.2 Å². The van der Waals surface area contributed by atoms with E-state index in [0.717, 1.165) is 12.8 Å². The molecule has 0 saturated heterocycles. The highest BCUT2D eigenvalue weighted by molar-refractivity contribution is 7.80. The van der Waals surface area contributed by atoms with E-state index >= 15 is 0 Å². The molecule has 0 aliphatic carbocycles. The van der Waals surface area contributed by atoms with Gasteiger partial charge in [0.05, 0.1) is 11.5 Å².